The lowest BCUT2D eigenvalue weighted by Crippen LogP contribution is -2.35. The molecule has 2 heterocycles. The van der Waals surface area contributed by atoms with Crippen LogP contribution in [-0.2, 0) is 6.54 Å². The van der Waals surface area contributed by atoms with Crippen LogP contribution >= 0.6 is 0 Å². The summed E-state index contributed by atoms with van der Waals surface area (Å²) in [5.41, 5.74) is 1.06. The number of benzene rings is 1. The Bertz CT molecular complexity index is 478. The van der Waals surface area contributed by atoms with Crippen molar-refractivity contribution in [2.45, 2.75) is 37.9 Å². The van der Waals surface area contributed by atoms with Crippen LogP contribution in [0.4, 0.5) is 5.69 Å². The van der Waals surface area contributed by atoms with E-state index in [4.69, 9.17) is 0 Å². The van der Waals surface area contributed by atoms with Crippen LogP contribution in [0, 0.1) is 10.1 Å². The van der Waals surface area contributed by atoms with Crippen molar-refractivity contribution in [2.24, 2.45) is 0 Å². The summed E-state index contributed by atoms with van der Waals surface area (Å²) in [4.78, 5) is 13.1. The van der Waals surface area contributed by atoms with E-state index in [2.05, 4.69) is 10.2 Å². The number of para-hydroxylation sites is 1. The minimum atomic E-state index is -0.280. The van der Waals surface area contributed by atoms with Crippen LogP contribution in [0.3, 0.4) is 0 Å². The van der Waals surface area contributed by atoms with E-state index in [-0.39, 0.29) is 10.6 Å². The summed E-state index contributed by atoms with van der Waals surface area (Å²) in [6.07, 6.45) is 3.67. The number of nitrogens with one attached hydrogen (secondary N) is 1. The molecule has 2 aliphatic rings. The first-order chi connectivity index (χ1) is 9.22. The van der Waals surface area contributed by atoms with Crippen molar-refractivity contribution in [3.63, 3.8) is 0 Å². The van der Waals surface area contributed by atoms with Gasteiger partial charge in [0.15, 0.2) is 0 Å². The predicted molar refractivity (Wildman–Crippen MR) is 72.9 cm³/mol. The molecule has 0 radical (unpaired) electrons. The summed E-state index contributed by atoms with van der Waals surface area (Å²) in [7, 11) is 0. The first-order valence-electron chi connectivity index (χ1n) is 6.93. The smallest absolute Gasteiger partial charge is 0.273 e. The Labute approximate surface area is 112 Å². The first kappa shape index (κ1) is 12.6. The van der Waals surface area contributed by atoms with Gasteiger partial charge in [-0.2, -0.15) is 0 Å². The van der Waals surface area contributed by atoms with Crippen LogP contribution < -0.4 is 5.32 Å². The van der Waals surface area contributed by atoms with Gasteiger partial charge in [-0.1, -0.05) is 18.2 Å². The molecule has 1 aromatic rings. The molecular formula is C14H19N3O2. The standard InChI is InChI=1S/C14H19N3O2/c18-17(19)14-4-2-1-3-11(14)9-16-8-7-12-5-6-13(10-16)15-12/h1-4,12-13,15H,5-10H2. The molecule has 2 aliphatic heterocycles. The van der Waals surface area contributed by atoms with Crippen molar-refractivity contribution in [1.82, 2.24) is 10.2 Å². The lowest BCUT2D eigenvalue weighted by atomic mass is 10.1. The Hall–Kier alpha value is -1.46. The zero-order valence-corrected chi connectivity index (χ0v) is 10.9. The SMILES string of the molecule is O=[N+]([O-])c1ccccc1CN1CCC2CCC(C1)N2. The molecule has 2 atom stereocenters. The minimum absolute atomic E-state index is 0.241. The number of rotatable bonds is 3. The van der Waals surface area contributed by atoms with Crippen molar-refractivity contribution in [3.8, 4) is 0 Å². The number of fused-ring (bicyclic) bond motifs is 2. The van der Waals surface area contributed by atoms with Crippen LogP contribution in [0.5, 0.6) is 0 Å². The third-order valence-electron chi connectivity index (χ3n) is 4.19. The van der Waals surface area contributed by atoms with Gasteiger partial charge in [0.25, 0.3) is 5.69 Å². The Morgan fingerprint density at radius 2 is 2.05 bits per heavy atom. The van der Waals surface area contributed by atoms with Crippen LogP contribution in [-0.4, -0.2) is 35.0 Å². The van der Waals surface area contributed by atoms with Gasteiger partial charge >= 0.3 is 0 Å². The Balaban J connectivity index is 1.73. The highest BCUT2D eigenvalue weighted by Crippen LogP contribution is 2.24. The maximum Gasteiger partial charge on any atom is 0.273 e. The number of hydrogen-bond acceptors (Lipinski definition) is 4. The highest BCUT2D eigenvalue weighted by molar-refractivity contribution is 5.39. The fourth-order valence-electron chi connectivity index (χ4n) is 3.22. The van der Waals surface area contributed by atoms with E-state index in [1.165, 1.54) is 12.8 Å². The lowest BCUT2D eigenvalue weighted by Gasteiger charge is -2.23. The molecule has 2 unspecified atom stereocenters. The van der Waals surface area contributed by atoms with Gasteiger partial charge < -0.3 is 5.32 Å². The summed E-state index contributed by atoms with van der Waals surface area (Å²) in [6, 6.07) is 8.29. The lowest BCUT2D eigenvalue weighted by molar-refractivity contribution is -0.385. The molecule has 2 fully saturated rings. The predicted octanol–water partition coefficient (Wildman–Crippen LogP) is 1.92. The van der Waals surface area contributed by atoms with E-state index in [9.17, 15) is 10.1 Å². The van der Waals surface area contributed by atoms with Gasteiger partial charge in [-0.25, -0.2) is 0 Å². The van der Waals surface area contributed by atoms with Crippen LogP contribution in [0.2, 0.25) is 0 Å². The number of nitro groups is 1. The van der Waals surface area contributed by atoms with Crippen molar-refractivity contribution < 1.29 is 4.92 Å². The summed E-state index contributed by atoms with van der Waals surface area (Å²) >= 11 is 0. The molecule has 0 saturated carbocycles. The molecular weight excluding hydrogens is 242 g/mol. The van der Waals surface area contributed by atoms with E-state index in [1.54, 1.807) is 12.1 Å². The van der Waals surface area contributed by atoms with Crippen molar-refractivity contribution in [1.29, 1.82) is 0 Å². The molecule has 3 rings (SSSR count). The van der Waals surface area contributed by atoms with Crippen molar-refractivity contribution >= 4 is 5.69 Å². The van der Waals surface area contributed by atoms with E-state index >= 15 is 0 Å². The maximum absolute atomic E-state index is 11.0. The normalized spacial score (nSPS) is 27.2. The van der Waals surface area contributed by atoms with Gasteiger partial charge in [0, 0.05) is 43.3 Å². The molecule has 0 amide bonds. The zero-order valence-electron chi connectivity index (χ0n) is 10.9. The third kappa shape index (κ3) is 2.77. The van der Waals surface area contributed by atoms with E-state index in [1.807, 2.05) is 12.1 Å². The molecule has 2 bridgehead atoms. The Morgan fingerprint density at radius 1 is 1.26 bits per heavy atom. The molecule has 1 N–H and O–H groups in total. The maximum atomic E-state index is 11.0. The Kier molecular flexibility index (Phi) is 3.48. The van der Waals surface area contributed by atoms with Gasteiger partial charge in [-0.15, -0.1) is 0 Å². The van der Waals surface area contributed by atoms with Crippen LogP contribution in [0.25, 0.3) is 0 Å². The largest absolute Gasteiger partial charge is 0.310 e. The second-order valence-electron chi connectivity index (χ2n) is 5.55. The highest BCUT2D eigenvalue weighted by atomic mass is 16.6. The summed E-state index contributed by atoms with van der Waals surface area (Å²) in [5, 5.41) is 14.7. The first-order valence-corrected chi connectivity index (χ1v) is 6.93. The quantitative estimate of drug-likeness (QED) is 0.667. The highest BCUT2D eigenvalue weighted by Gasteiger charge is 2.29. The molecule has 102 valence electrons. The summed E-state index contributed by atoms with van der Waals surface area (Å²) < 4.78 is 0. The van der Waals surface area contributed by atoms with E-state index in [0.29, 0.717) is 18.6 Å². The van der Waals surface area contributed by atoms with Gasteiger partial charge in [0.1, 0.15) is 0 Å². The summed E-state index contributed by atoms with van der Waals surface area (Å²) in [5.74, 6) is 0. The molecule has 1 aromatic carbocycles. The molecule has 2 saturated heterocycles. The fourth-order valence-corrected chi connectivity index (χ4v) is 3.22. The van der Waals surface area contributed by atoms with Gasteiger partial charge in [0.05, 0.1) is 4.92 Å². The molecule has 19 heavy (non-hydrogen) atoms. The molecule has 0 spiro atoms. The van der Waals surface area contributed by atoms with Gasteiger partial charge in [-0.3, -0.25) is 15.0 Å². The van der Waals surface area contributed by atoms with Crippen LogP contribution in [0.15, 0.2) is 24.3 Å². The number of hydrogen-bond donors (Lipinski definition) is 1. The zero-order chi connectivity index (χ0) is 13.2. The van der Waals surface area contributed by atoms with E-state index in [0.717, 1.165) is 25.1 Å². The monoisotopic (exact) mass is 261 g/mol. The average Bonchev–Trinajstić information content (AvgIpc) is 2.73. The number of likely N-dealkylation sites (tertiary alicyclic amines) is 1. The second kappa shape index (κ2) is 5.27. The topological polar surface area (TPSA) is 58.4 Å². The molecule has 0 aliphatic carbocycles. The van der Waals surface area contributed by atoms with Gasteiger partial charge in [0.2, 0.25) is 0 Å². The van der Waals surface area contributed by atoms with Gasteiger partial charge in [-0.05, 0) is 19.3 Å². The third-order valence-corrected chi connectivity index (χ3v) is 4.19. The fraction of sp³-hybridized carbons (Fsp3) is 0.571. The number of nitrogens with zero attached hydrogens (tertiary/aromatic N) is 2. The van der Waals surface area contributed by atoms with Crippen molar-refractivity contribution in [2.75, 3.05) is 13.1 Å². The molecule has 0 aromatic heterocycles. The Morgan fingerprint density at radius 3 is 2.89 bits per heavy atom. The molecule has 5 nitrogen and oxygen atoms in total. The number of nitro benzene ring substituents is 1. The summed E-state index contributed by atoms with van der Waals surface area (Å²) in [6.45, 7) is 2.71. The minimum Gasteiger partial charge on any atom is -0.310 e. The second-order valence-corrected chi connectivity index (χ2v) is 5.55. The average molecular weight is 261 g/mol. The van der Waals surface area contributed by atoms with Crippen LogP contribution in [0.1, 0.15) is 24.8 Å². The molecule has 5 heteroatoms. The van der Waals surface area contributed by atoms with E-state index < -0.39 is 0 Å². The van der Waals surface area contributed by atoms with Crippen molar-refractivity contribution in [3.05, 3.63) is 39.9 Å².